The molecule has 0 aliphatic heterocycles. The van der Waals surface area contributed by atoms with Crippen LogP contribution >= 0.6 is 0 Å². The van der Waals surface area contributed by atoms with Gasteiger partial charge in [0.2, 0.25) is 0 Å². The summed E-state index contributed by atoms with van der Waals surface area (Å²) in [6.07, 6.45) is 0. The molecular formula is C13H12N2O3S. The maximum Gasteiger partial charge on any atom is 0.285 e. The molecule has 0 bridgehead atoms. The Morgan fingerprint density at radius 3 is 2.58 bits per heavy atom. The molecule has 0 aliphatic rings. The smallest absolute Gasteiger partial charge is 0.285 e. The van der Waals surface area contributed by atoms with Crippen molar-refractivity contribution in [1.29, 1.82) is 0 Å². The number of anilines is 1. The number of hydrogen-bond donors (Lipinski definition) is 1. The van der Waals surface area contributed by atoms with Gasteiger partial charge >= 0.3 is 0 Å². The van der Waals surface area contributed by atoms with Crippen LogP contribution in [0, 0.1) is 10.1 Å². The van der Waals surface area contributed by atoms with Gasteiger partial charge in [-0.05, 0) is 23.8 Å². The summed E-state index contributed by atoms with van der Waals surface area (Å²) in [6, 6.07) is 13.1. The topological polar surface area (TPSA) is 86.2 Å². The number of nitrogens with two attached hydrogens (primary N) is 1. The van der Waals surface area contributed by atoms with Crippen molar-refractivity contribution in [3.63, 3.8) is 0 Å². The first-order valence-corrected chi connectivity index (χ1v) is 6.86. The second-order valence-electron chi connectivity index (χ2n) is 3.96. The highest BCUT2D eigenvalue weighted by Crippen LogP contribution is 2.23. The molecule has 0 radical (unpaired) electrons. The second kappa shape index (κ2) is 5.62. The van der Waals surface area contributed by atoms with Gasteiger partial charge in [0.25, 0.3) is 5.69 Å². The Morgan fingerprint density at radius 1 is 1.16 bits per heavy atom. The minimum absolute atomic E-state index is 0.121. The summed E-state index contributed by atoms with van der Waals surface area (Å²) in [6.45, 7) is 0. The van der Waals surface area contributed by atoms with Crippen molar-refractivity contribution in [2.75, 3.05) is 5.73 Å². The summed E-state index contributed by atoms with van der Waals surface area (Å²) in [5, 5.41) is 10.9. The third-order valence-electron chi connectivity index (χ3n) is 2.56. The van der Waals surface area contributed by atoms with Crippen molar-refractivity contribution >= 4 is 22.2 Å². The zero-order valence-corrected chi connectivity index (χ0v) is 10.8. The molecule has 0 heterocycles. The highest BCUT2D eigenvalue weighted by Gasteiger charge is 2.18. The van der Waals surface area contributed by atoms with Gasteiger partial charge in [0.15, 0.2) is 0 Å². The van der Waals surface area contributed by atoms with Gasteiger partial charge in [0, 0.05) is 11.8 Å². The number of hydrogen-bond acceptors (Lipinski definition) is 4. The van der Waals surface area contributed by atoms with Gasteiger partial charge in [-0.3, -0.25) is 14.3 Å². The molecule has 0 spiro atoms. The Bertz CT molecular complexity index is 643. The molecule has 98 valence electrons. The third kappa shape index (κ3) is 3.17. The van der Waals surface area contributed by atoms with E-state index in [4.69, 9.17) is 5.73 Å². The monoisotopic (exact) mass is 276 g/mol. The Kier molecular flexibility index (Phi) is 3.91. The van der Waals surface area contributed by atoms with Crippen LogP contribution in [0.15, 0.2) is 53.4 Å². The lowest BCUT2D eigenvalue weighted by atomic mass is 10.2. The molecule has 2 aromatic rings. The van der Waals surface area contributed by atoms with Crippen molar-refractivity contribution in [2.45, 2.75) is 10.6 Å². The zero-order valence-electron chi connectivity index (χ0n) is 9.98. The molecule has 0 aliphatic carbocycles. The van der Waals surface area contributed by atoms with Gasteiger partial charge in [-0.25, -0.2) is 0 Å². The zero-order chi connectivity index (χ0) is 13.8. The number of nitrogens with zero attached hydrogens (tertiary/aromatic N) is 1. The molecular weight excluding hydrogens is 264 g/mol. The van der Waals surface area contributed by atoms with Crippen LogP contribution in [0.5, 0.6) is 0 Å². The second-order valence-corrected chi connectivity index (χ2v) is 5.38. The summed E-state index contributed by atoms with van der Waals surface area (Å²) in [7, 11) is -1.47. The molecule has 2 N–H and O–H groups in total. The molecule has 0 saturated heterocycles. The predicted octanol–water partition coefficient (Wildman–Crippen LogP) is 2.48. The fourth-order valence-corrected chi connectivity index (χ4v) is 2.96. The molecule has 2 rings (SSSR count). The molecule has 1 atom stereocenters. The van der Waals surface area contributed by atoms with Gasteiger partial charge in [0.1, 0.15) is 4.90 Å². The van der Waals surface area contributed by atoms with E-state index in [0.717, 1.165) is 5.56 Å². The standard InChI is InChI=1S/C13H12N2O3S/c14-11-5-3-4-10(8-11)9-19(18)13-7-2-1-6-12(13)15(16)17/h1-8H,9,14H2. The largest absolute Gasteiger partial charge is 0.399 e. The molecule has 0 fully saturated rings. The normalized spacial score (nSPS) is 12.0. The maximum atomic E-state index is 12.2. The van der Waals surface area contributed by atoms with E-state index < -0.39 is 15.7 Å². The van der Waals surface area contributed by atoms with Crippen molar-refractivity contribution in [3.8, 4) is 0 Å². The number of rotatable bonds is 4. The molecule has 1 unspecified atom stereocenters. The Morgan fingerprint density at radius 2 is 1.89 bits per heavy atom. The van der Waals surface area contributed by atoms with Crippen molar-refractivity contribution in [1.82, 2.24) is 0 Å². The SMILES string of the molecule is Nc1cccc(CS(=O)c2ccccc2[N+](=O)[O-])c1. The average Bonchev–Trinajstić information content (AvgIpc) is 2.38. The van der Waals surface area contributed by atoms with Crippen LogP contribution in [0.25, 0.3) is 0 Å². The summed E-state index contributed by atoms with van der Waals surface area (Å²) in [4.78, 5) is 10.6. The van der Waals surface area contributed by atoms with Gasteiger partial charge in [-0.15, -0.1) is 0 Å². The van der Waals surface area contributed by atoms with E-state index in [2.05, 4.69) is 0 Å². The van der Waals surface area contributed by atoms with Crippen LogP contribution in [-0.4, -0.2) is 9.13 Å². The lowest BCUT2D eigenvalue weighted by Crippen LogP contribution is -2.01. The van der Waals surface area contributed by atoms with E-state index >= 15 is 0 Å². The average molecular weight is 276 g/mol. The maximum absolute atomic E-state index is 12.2. The van der Waals surface area contributed by atoms with Crippen molar-refractivity contribution in [3.05, 3.63) is 64.2 Å². The van der Waals surface area contributed by atoms with Crippen molar-refractivity contribution < 1.29 is 9.13 Å². The Balaban J connectivity index is 2.28. The van der Waals surface area contributed by atoms with Crippen molar-refractivity contribution in [2.24, 2.45) is 0 Å². The number of nitro groups is 1. The van der Waals surface area contributed by atoms with E-state index in [0.29, 0.717) is 5.69 Å². The van der Waals surface area contributed by atoms with Crippen LogP contribution in [0.1, 0.15) is 5.56 Å². The van der Waals surface area contributed by atoms with E-state index in [1.165, 1.54) is 12.1 Å². The fraction of sp³-hybridized carbons (Fsp3) is 0.0769. The first kappa shape index (κ1) is 13.2. The molecule has 0 saturated carbocycles. The number of nitrogen functional groups attached to an aromatic ring is 1. The highest BCUT2D eigenvalue weighted by atomic mass is 32.2. The number of nitro benzene ring substituents is 1. The van der Waals surface area contributed by atoms with E-state index in [1.807, 2.05) is 0 Å². The lowest BCUT2D eigenvalue weighted by molar-refractivity contribution is -0.387. The summed E-state index contributed by atoms with van der Waals surface area (Å²) in [5.41, 5.74) is 6.89. The minimum atomic E-state index is -1.47. The van der Waals surface area contributed by atoms with Crippen LogP contribution in [-0.2, 0) is 16.6 Å². The first-order chi connectivity index (χ1) is 9.08. The highest BCUT2D eigenvalue weighted by molar-refractivity contribution is 7.84. The molecule has 6 heteroatoms. The van der Waals surface area contributed by atoms with E-state index in [-0.39, 0.29) is 16.3 Å². The van der Waals surface area contributed by atoms with Crippen LogP contribution in [0.3, 0.4) is 0 Å². The minimum Gasteiger partial charge on any atom is -0.399 e. The lowest BCUT2D eigenvalue weighted by Gasteiger charge is -2.04. The third-order valence-corrected chi connectivity index (χ3v) is 3.99. The predicted molar refractivity (Wildman–Crippen MR) is 74.1 cm³/mol. The molecule has 19 heavy (non-hydrogen) atoms. The van der Waals surface area contributed by atoms with Gasteiger partial charge in [-0.1, -0.05) is 24.3 Å². The van der Waals surface area contributed by atoms with E-state index in [1.54, 1.807) is 36.4 Å². The van der Waals surface area contributed by atoms with E-state index in [9.17, 15) is 14.3 Å². The molecule has 5 nitrogen and oxygen atoms in total. The van der Waals surface area contributed by atoms with Gasteiger partial charge < -0.3 is 5.73 Å². The van der Waals surface area contributed by atoms with Crippen LogP contribution in [0.4, 0.5) is 11.4 Å². The fourth-order valence-electron chi connectivity index (χ4n) is 1.71. The summed E-state index contributed by atoms with van der Waals surface area (Å²) < 4.78 is 12.2. The molecule has 2 aromatic carbocycles. The Labute approximate surface area is 112 Å². The summed E-state index contributed by atoms with van der Waals surface area (Å²) in [5.74, 6) is 0.204. The molecule has 0 aromatic heterocycles. The Hall–Kier alpha value is -2.21. The number of para-hydroxylation sites is 1. The van der Waals surface area contributed by atoms with Crippen LogP contribution in [0.2, 0.25) is 0 Å². The number of benzene rings is 2. The van der Waals surface area contributed by atoms with Gasteiger partial charge in [0.05, 0.1) is 21.5 Å². The molecule has 0 amide bonds. The van der Waals surface area contributed by atoms with Crippen LogP contribution < -0.4 is 5.73 Å². The summed E-state index contributed by atoms with van der Waals surface area (Å²) >= 11 is 0. The first-order valence-electron chi connectivity index (χ1n) is 5.54. The quantitative estimate of drug-likeness (QED) is 0.528. The van der Waals surface area contributed by atoms with Gasteiger partial charge in [-0.2, -0.15) is 0 Å².